The van der Waals surface area contributed by atoms with Crippen LogP contribution in [-0.2, 0) is 34.0 Å². The van der Waals surface area contributed by atoms with E-state index in [1.807, 2.05) is 6.07 Å². The first-order valence-electron chi connectivity index (χ1n) is 12.1. The Hall–Kier alpha value is -3.37. The highest BCUT2D eigenvalue weighted by Gasteiger charge is 2.39. The number of hydrogen-bond acceptors (Lipinski definition) is 5. The average molecular weight is 548 g/mol. The number of Topliss-reactive ketones (excluding diaryl/α,β-unsaturated/α-hetero) is 1. The molecule has 0 unspecified atom stereocenters. The number of alkyl halides is 3. The average Bonchev–Trinajstić information content (AvgIpc) is 3.42. The van der Waals surface area contributed by atoms with E-state index in [-0.39, 0.29) is 30.3 Å². The molecule has 38 heavy (non-hydrogen) atoms. The molecule has 4 rings (SSSR count). The third kappa shape index (κ3) is 6.54. The maximum absolute atomic E-state index is 13.2. The number of methoxy groups -OCH3 is 1. The number of halogens is 3. The van der Waals surface area contributed by atoms with Gasteiger partial charge in [-0.25, -0.2) is 8.42 Å². The van der Waals surface area contributed by atoms with Crippen molar-refractivity contribution in [1.29, 1.82) is 0 Å². The van der Waals surface area contributed by atoms with Gasteiger partial charge in [-0.15, -0.1) is 0 Å². The molecule has 3 aromatic rings. The number of ether oxygens (including phenoxy) is 2. The van der Waals surface area contributed by atoms with Gasteiger partial charge in [0.2, 0.25) is 10.0 Å². The van der Waals surface area contributed by atoms with Crippen LogP contribution < -0.4 is 9.47 Å². The molecule has 10 heteroatoms. The minimum absolute atomic E-state index is 0.0980. The van der Waals surface area contributed by atoms with Crippen LogP contribution in [0.4, 0.5) is 13.2 Å². The molecule has 6 nitrogen and oxygen atoms in total. The first kappa shape index (κ1) is 27.7. The van der Waals surface area contributed by atoms with E-state index in [4.69, 9.17) is 9.47 Å². The second-order valence-electron chi connectivity index (χ2n) is 9.05. The smallest absolute Gasteiger partial charge is 0.416 e. The van der Waals surface area contributed by atoms with E-state index in [1.54, 1.807) is 30.3 Å². The Bertz CT molecular complexity index is 1360. The van der Waals surface area contributed by atoms with Gasteiger partial charge in [-0.3, -0.25) is 4.79 Å². The van der Waals surface area contributed by atoms with Gasteiger partial charge in [-0.2, -0.15) is 17.5 Å². The number of carbonyl (C=O) groups is 1. The standard InChI is InChI=1S/C28H28F3NO5S/c1-36-23-12-14-25(15-13-23)38(34,35)32-17-3-6-26(32)27(33)16-9-20-4-2-5-24(18-20)37-19-21-7-10-22(11-8-21)28(29,30)31/h2,4-5,7-8,10-15,18,26H,3,6,9,16-17,19H2,1H3/t26-/m0/s1. The minimum Gasteiger partial charge on any atom is -0.497 e. The zero-order valence-electron chi connectivity index (χ0n) is 20.8. The number of benzene rings is 3. The van der Waals surface area contributed by atoms with Crippen LogP contribution in [0.3, 0.4) is 0 Å². The fourth-order valence-corrected chi connectivity index (χ4v) is 6.09. The Morgan fingerprint density at radius 3 is 2.34 bits per heavy atom. The van der Waals surface area contributed by atoms with E-state index >= 15 is 0 Å². The molecule has 202 valence electrons. The summed E-state index contributed by atoms with van der Waals surface area (Å²) in [5.41, 5.74) is 0.717. The predicted octanol–water partition coefficient (Wildman–Crippen LogP) is 5.65. The third-order valence-corrected chi connectivity index (χ3v) is 8.41. The third-order valence-electron chi connectivity index (χ3n) is 6.49. The Morgan fingerprint density at radius 1 is 0.974 bits per heavy atom. The van der Waals surface area contributed by atoms with E-state index in [9.17, 15) is 26.4 Å². The highest BCUT2D eigenvalue weighted by atomic mass is 32.2. The Kier molecular flexibility index (Phi) is 8.42. The quantitative estimate of drug-likeness (QED) is 0.328. The molecule has 0 saturated carbocycles. The molecule has 1 atom stereocenters. The Morgan fingerprint density at radius 2 is 1.68 bits per heavy atom. The van der Waals surface area contributed by atoms with Crippen LogP contribution in [0.1, 0.15) is 36.0 Å². The molecule has 3 aromatic carbocycles. The van der Waals surface area contributed by atoms with Crippen molar-refractivity contribution in [2.45, 2.75) is 49.4 Å². The number of sulfonamides is 1. The topological polar surface area (TPSA) is 72.9 Å². The van der Waals surface area contributed by atoms with Gasteiger partial charge in [0, 0.05) is 13.0 Å². The van der Waals surface area contributed by atoms with Gasteiger partial charge >= 0.3 is 6.18 Å². The van der Waals surface area contributed by atoms with Gasteiger partial charge in [-0.1, -0.05) is 24.3 Å². The highest BCUT2D eigenvalue weighted by molar-refractivity contribution is 7.89. The summed E-state index contributed by atoms with van der Waals surface area (Å²) in [6, 6.07) is 17.3. The van der Waals surface area contributed by atoms with Crippen LogP contribution in [0, 0.1) is 0 Å². The van der Waals surface area contributed by atoms with Gasteiger partial charge in [0.25, 0.3) is 0 Å². The van der Waals surface area contributed by atoms with Crippen LogP contribution in [0.15, 0.2) is 77.7 Å². The number of rotatable bonds is 10. The second kappa shape index (κ2) is 11.6. The lowest BCUT2D eigenvalue weighted by Crippen LogP contribution is -2.40. The number of hydrogen-bond donors (Lipinski definition) is 0. The fraction of sp³-hybridized carbons (Fsp3) is 0.321. The molecule has 0 amide bonds. The van der Waals surface area contributed by atoms with Crippen LogP contribution in [-0.4, -0.2) is 38.2 Å². The number of nitrogens with zero attached hydrogens (tertiary/aromatic N) is 1. The normalized spacial score (nSPS) is 16.4. The van der Waals surface area contributed by atoms with E-state index in [0.29, 0.717) is 36.3 Å². The lowest BCUT2D eigenvalue weighted by Gasteiger charge is -2.23. The van der Waals surface area contributed by atoms with Crippen molar-refractivity contribution in [1.82, 2.24) is 4.31 Å². The van der Waals surface area contributed by atoms with Crippen molar-refractivity contribution in [3.05, 3.63) is 89.5 Å². The van der Waals surface area contributed by atoms with Crippen molar-refractivity contribution in [3.63, 3.8) is 0 Å². The maximum atomic E-state index is 13.2. The van der Waals surface area contributed by atoms with Crippen molar-refractivity contribution in [2.75, 3.05) is 13.7 Å². The minimum atomic E-state index is -4.39. The van der Waals surface area contributed by atoms with E-state index in [1.165, 1.54) is 35.7 Å². The van der Waals surface area contributed by atoms with Gasteiger partial charge in [0.1, 0.15) is 18.1 Å². The first-order valence-corrected chi connectivity index (χ1v) is 13.6. The molecule has 0 aliphatic carbocycles. The first-order chi connectivity index (χ1) is 18.1. The maximum Gasteiger partial charge on any atom is 0.416 e. The van der Waals surface area contributed by atoms with Crippen LogP contribution in [0.25, 0.3) is 0 Å². The summed E-state index contributed by atoms with van der Waals surface area (Å²) in [5.74, 6) is 0.929. The van der Waals surface area contributed by atoms with Crippen LogP contribution >= 0.6 is 0 Å². The highest BCUT2D eigenvalue weighted by Crippen LogP contribution is 2.30. The van der Waals surface area contributed by atoms with Crippen molar-refractivity contribution < 1.29 is 35.9 Å². The zero-order valence-corrected chi connectivity index (χ0v) is 21.6. The zero-order chi connectivity index (χ0) is 27.3. The molecule has 1 aliphatic rings. The molecule has 0 radical (unpaired) electrons. The Labute approximate surface area is 220 Å². The molecule has 0 bridgehead atoms. The number of carbonyl (C=O) groups excluding carboxylic acids is 1. The summed E-state index contributed by atoms with van der Waals surface area (Å²) in [6.07, 6.45) is -2.73. The lowest BCUT2D eigenvalue weighted by molar-refractivity contribution is -0.137. The molecule has 1 saturated heterocycles. The molecule has 0 N–H and O–H groups in total. The second-order valence-corrected chi connectivity index (χ2v) is 10.9. The summed E-state index contributed by atoms with van der Waals surface area (Å²) in [4.78, 5) is 13.2. The number of aryl methyl sites for hydroxylation is 1. The molecule has 1 aliphatic heterocycles. The molecule has 0 aromatic heterocycles. The molecule has 1 heterocycles. The predicted molar refractivity (Wildman–Crippen MR) is 135 cm³/mol. The van der Waals surface area contributed by atoms with Crippen molar-refractivity contribution in [3.8, 4) is 11.5 Å². The van der Waals surface area contributed by atoms with E-state index in [2.05, 4.69) is 0 Å². The fourth-order valence-electron chi connectivity index (χ4n) is 4.41. The van der Waals surface area contributed by atoms with E-state index in [0.717, 1.165) is 17.7 Å². The van der Waals surface area contributed by atoms with Crippen molar-refractivity contribution >= 4 is 15.8 Å². The van der Waals surface area contributed by atoms with Gasteiger partial charge in [0.15, 0.2) is 5.78 Å². The SMILES string of the molecule is COc1ccc(S(=O)(=O)N2CCC[C@H]2C(=O)CCc2cccc(OCc3ccc(C(F)(F)F)cc3)c2)cc1. The van der Waals surface area contributed by atoms with Crippen molar-refractivity contribution in [2.24, 2.45) is 0 Å². The number of ketones is 1. The lowest BCUT2D eigenvalue weighted by atomic mass is 10.0. The van der Waals surface area contributed by atoms with Gasteiger partial charge in [-0.05, 0) is 78.9 Å². The van der Waals surface area contributed by atoms with E-state index < -0.39 is 27.8 Å². The molecular weight excluding hydrogens is 519 g/mol. The monoisotopic (exact) mass is 547 g/mol. The summed E-state index contributed by atoms with van der Waals surface area (Å²) in [5, 5.41) is 0. The Balaban J connectivity index is 1.35. The summed E-state index contributed by atoms with van der Waals surface area (Å²) < 4.78 is 76.7. The largest absolute Gasteiger partial charge is 0.497 e. The van der Waals surface area contributed by atoms with Gasteiger partial charge in [0.05, 0.1) is 23.6 Å². The van der Waals surface area contributed by atoms with Gasteiger partial charge < -0.3 is 9.47 Å². The van der Waals surface area contributed by atoms with Crippen LogP contribution in [0.2, 0.25) is 0 Å². The molecule has 0 spiro atoms. The molecular formula is C28H28F3NO5S. The molecule has 1 fully saturated rings. The summed E-state index contributed by atoms with van der Waals surface area (Å²) in [7, 11) is -2.32. The van der Waals surface area contributed by atoms with Crippen LogP contribution in [0.5, 0.6) is 11.5 Å². The summed E-state index contributed by atoms with van der Waals surface area (Å²) in [6.45, 7) is 0.388. The summed E-state index contributed by atoms with van der Waals surface area (Å²) >= 11 is 0.